The highest BCUT2D eigenvalue weighted by atomic mass is 16.1. The van der Waals surface area contributed by atoms with Crippen LogP contribution in [0.5, 0.6) is 0 Å². The Labute approximate surface area is 124 Å². The van der Waals surface area contributed by atoms with Crippen LogP contribution in [0, 0.1) is 6.92 Å². The van der Waals surface area contributed by atoms with E-state index in [2.05, 4.69) is 46.0 Å². The van der Waals surface area contributed by atoms with Crippen LogP contribution in [0.1, 0.15) is 30.9 Å². The van der Waals surface area contributed by atoms with Crippen molar-refractivity contribution >= 4 is 17.5 Å². The van der Waals surface area contributed by atoms with Gasteiger partial charge in [0.2, 0.25) is 5.91 Å². The van der Waals surface area contributed by atoms with E-state index in [1.165, 1.54) is 11.1 Å². The number of anilines is 2. The molecule has 0 aliphatic heterocycles. The van der Waals surface area contributed by atoms with Gasteiger partial charge in [0.05, 0.1) is 0 Å². The smallest absolute Gasteiger partial charge is 0.225 e. The number of carbonyl (C=O) groups is 1. The van der Waals surface area contributed by atoms with Gasteiger partial charge in [0, 0.05) is 13.0 Å². The highest BCUT2D eigenvalue weighted by Gasteiger charge is 2.03. The van der Waals surface area contributed by atoms with Gasteiger partial charge in [-0.15, -0.1) is 10.2 Å². The zero-order valence-corrected chi connectivity index (χ0v) is 12.4. The first-order chi connectivity index (χ1) is 10.2. The maximum Gasteiger partial charge on any atom is 0.225 e. The van der Waals surface area contributed by atoms with Crippen molar-refractivity contribution in [2.75, 3.05) is 10.6 Å². The van der Waals surface area contributed by atoms with E-state index in [4.69, 9.17) is 0 Å². The van der Waals surface area contributed by atoms with Crippen LogP contribution >= 0.6 is 0 Å². The van der Waals surface area contributed by atoms with Crippen molar-refractivity contribution in [2.24, 2.45) is 0 Å². The van der Waals surface area contributed by atoms with Crippen LogP contribution < -0.4 is 10.6 Å². The van der Waals surface area contributed by atoms with Crippen LogP contribution in [0.3, 0.4) is 0 Å². The van der Waals surface area contributed by atoms with E-state index in [0.717, 1.165) is 6.42 Å². The number of nitrogens with one attached hydrogen (secondary N) is 2. The predicted molar refractivity (Wildman–Crippen MR) is 84.1 cm³/mol. The van der Waals surface area contributed by atoms with E-state index in [9.17, 15) is 4.79 Å². The van der Waals surface area contributed by atoms with Crippen LogP contribution in [0.4, 0.5) is 11.6 Å². The summed E-state index contributed by atoms with van der Waals surface area (Å²) in [5, 5.41) is 14.0. The number of hydrogen-bond donors (Lipinski definition) is 2. The van der Waals surface area contributed by atoms with E-state index in [1.807, 2.05) is 19.1 Å². The van der Waals surface area contributed by atoms with E-state index in [0.29, 0.717) is 24.6 Å². The van der Waals surface area contributed by atoms with Gasteiger partial charge in [0.25, 0.3) is 0 Å². The molecule has 0 bridgehead atoms. The Bertz CT molecular complexity index is 595. The molecule has 0 saturated heterocycles. The minimum absolute atomic E-state index is 0.0349. The average Bonchev–Trinajstić information content (AvgIpc) is 2.47. The van der Waals surface area contributed by atoms with Crippen LogP contribution in [-0.2, 0) is 11.3 Å². The number of amides is 1. The first-order valence-corrected chi connectivity index (χ1v) is 7.10. The predicted octanol–water partition coefficient (Wildman–Crippen LogP) is 3.14. The second-order valence-corrected chi connectivity index (χ2v) is 4.94. The second kappa shape index (κ2) is 7.38. The Morgan fingerprint density at radius 3 is 2.57 bits per heavy atom. The van der Waals surface area contributed by atoms with Crippen LogP contribution in [-0.4, -0.2) is 16.1 Å². The molecule has 0 unspecified atom stereocenters. The third-order valence-electron chi connectivity index (χ3n) is 2.97. The second-order valence-electron chi connectivity index (χ2n) is 4.94. The maximum absolute atomic E-state index is 11.4. The third kappa shape index (κ3) is 4.87. The SMILES string of the molecule is CCCC(=O)Nc1ccc(NCc2cccc(C)c2)nn1. The van der Waals surface area contributed by atoms with Crippen LogP contribution in [0.15, 0.2) is 36.4 Å². The summed E-state index contributed by atoms with van der Waals surface area (Å²) in [4.78, 5) is 11.4. The number of rotatable bonds is 6. The summed E-state index contributed by atoms with van der Waals surface area (Å²) < 4.78 is 0. The number of hydrogen-bond acceptors (Lipinski definition) is 4. The molecule has 0 radical (unpaired) electrons. The molecule has 0 atom stereocenters. The summed E-state index contributed by atoms with van der Waals surface area (Å²) in [6.07, 6.45) is 1.31. The van der Waals surface area contributed by atoms with E-state index in [-0.39, 0.29) is 5.91 Å². The molecular formula is C16H20N4O. The van der Waals surface area contributed by atoms with Crippen molar-refractivity contribution in [1.29, 1.82) is 0 Å². The van der Waals surface area contributed by atoms with Crippen molar-refractivity contribution in [3.05, 3.63) is 47.5 Å². The zero-order chi connectivity index (χ0) is 15.1. The molecule has 0 aliphatic rings. The molecule has 5 nitrogen and oxygen atoms in total. The molecule has 0 saturated carbocycles. The Hall–Kier alpha value is -2.43. The number of carbonyl (C=O) groups excluding carboxylic acids is 1. The van der Waals surface area contributed by atoms with Crippen molar-refractivity contribution in [1.82, 2.24) is 10.2 Å². The van der Waals surface area contributed by atoms with Crippen molar-refractivity contribution < 1.29 is 4.79 Å². The van der Waals surface area contributed by atoms with E-state index >= 15 is 0 Å². The number of aryl methyl sites for hydroxylation is 1. The fourth-order valence-electron chi connectivity index (χ4n) is 1.94. The lowest BCUT2D eigenvalue weighted by molar-refractivity contribution is -0.116. The topological polar surface area (TPSA) is 66.9 Å². The number of aromatic nitrogens is 2. The molecule has 0 fully saturated rings. The van der Waals surface area contributed by atoms with Gasteiger partial charge in [-0.05, 0) is 31.0 Å². The van der Waals surface area contributed by atoms with Crippen LogP contribution in [0.25, 0.3) is 0 Å². The Morgan fingerprint density at radius 1 is 1.14 bits per heavy atom. The molecule has 1 heterocycles. The van der Waals surface area contributed by atoms with Gasteiger partial charge >= 0.3 is 0 Å². The first-order valence-electron chi connectivity index (χ1n) is 7.10. The molecule has 21 heavy (non-hydrogen) atoms. The van der Waals surface area contributed by atoms with Gasteiger partial charge in [-0.2, -0.15) is 0 Å². The molecule has 2 N–H and O–H groups in total. The van der Waals surface area contributed by atoms with Crippen molar-refractivity contribution in [3.8, 4) is 0 Å². The number of nitrogens with zero attached hydrogens (tertiary/aromatic N) is 2. The molecule has 2 aromatic rings. The monoisotopic (exact) mass is 284 g/mol. The normalized spacial score (nSPS) is 10.2. The molecule has 2 rings (SSSR count). The summed E-state index contributed by atoms with van der Waals surface area (Å²) in [5.74, 6) is 1.13. The summed E-state index contributed by atoms with van der Waals surface area (Å²) in [6, 6.07) is 11.8. The van der Waals surface area contributed by atoms with Gasteiger partial charge in [-0.1, -0.05) is 36.8 Å². The minimum Gasteiger partial charge on any atom is -0.365 e. The van der Waals surface area contributed by atoms with E-state index in [1.54, 1.807) is 6.07 Å². The standard InChI is InChI=1S/C16H20N4O/c1-3-5-16(21)18-15-9-8-14(19-20-15)17-11-13-7-4-6-12(2)10-13/h4,6-10H,3,5,11H2,1-2H3,(H,17,19)(H,18,20,21). The Balaban J connectivity index is 1.89. The molecule has 1 aromatic carbocycles. The summed E-state index contributed by atoms with van der Waals surface area (Å²) in [6.45, 7) is 4.72. The lowest BCUT2D eigenvalue weighted by Gasteiger charge is -2.07. The van der Waals surface area contributed by atoms with Gasteiger partial charge in [-0.25, -0.2) is 0 Å². The fourth-order valence-corrected chi connectivity index (χ4v) is 1.94. The third-order valence-corrected chi connectivity index (χ3v) is 2.97. The lowest BCUT2D eigenvalue weighted by atomic mass is 10.1. The summed E-state index contributed by atoms with van der Waals surface area (Å²) in [5.41, 5.74) is 2.42. The quantitative estimate of drug-likeness (QED) is 0.855. The summed E-state index contributed by atoms with van der Waals surface area (Å²) >= 11 is 0. The number of benzene rings is 1. The van der Waals surface area contributed by atoms with Gasteiger partial charge in [0.1, 0.15) is 5.82 Å². The molecule has 0 aliphatic carbocycles. The Kier molecular flexibility index (Phi) is 5.26. The average molecular weight is 284 g/mol. The highest BCUT2D eigenvalue weighted by molar-refractivity contribution is 5.89. The van der Waals surface area contributed by atoms with Crippen LogP contribution in [0.2, 0.25) is 0 Å². The van der Waals surface area contributed by atoms with Gasteiger partial charge in [0.15, 0.2) is 5.82 Å². The first kappa shape index (κ1) is 15.0. The van der Waals surface area contributed by atoms with Crippen molar-refractivity contribution in [3.63, 3.8) is 0 Å². The summed E-state index contributed by atoms with van der Waals surface area (Å²) in [7, 11) is 0. The Morgan fingerprint density at radius 2 is 1.90 bits per heavy atom. The molecule has 1 amide bonds. The molecule has 5 heteroatoms. The van der Waals surface area contributed by atoms with Gasteiger partial charge < -0.3 is 10.6 Å². The molecule has 0 spiro atoms. The zero-order valence-electron chi connectivity index (χ0n) is 12.4. The largest absolute Gasteiger partial charge is 0.365 e. The fraction of sp³-hybridized carbons (Fsp3) is 0.312. The molecule has 110 valence electrons. The minimum atomic E-state index is -0.0349. The maximum atomic E-state index is 11.4. The van der Waals surface area contributed by atoms with E-state index < -0.39 is 0 Å². The lowest BCUT2D eigenvalue weighted by Crippen LogP contribution is -2.12. The van der Waals surface area contributed by atoms with Gasteiger partial charge in [-0.3, -0.25) is 4.79 Å². The highest BCUT2D eigenvalue weighted by Crippen LogP contribution is 2.10. The molecule has 1 aromatic heterocycles. The molecular weight excluding hydrogens is 264 g/mol. The van der Waals surface area contributed by atoms with Crippen molar-refractivity contribution in [2.45, 2.75) is 33.2 Å².